The average Bonchev–Trinajstić information content (AvgIpc) is 2.97. The topological polar surface area (TPSA) is 59.6 Å². The highest BCUT2D eigenvalue weighted by Gasteiger charge is 2.31. The Hall–Kier alpha value is -4.06. The molecule has 0 saturated carbocycles. The minimum Gasteiger partial charge on any atom is -0.356 e. The zero-order chi connectivity index (χ0) is 33.2. The van der Waals surface area contributed by atoms with Gasteiger partial charge in [-0.25, -0.2) is 0 Å². The van der Waals surface area contributed by atoms with Gasteiger partial charge in [-0.05, 0) is 106 Å². The lowest BCUT2D eigenvalue weighted by Crippen LogP contribution is -2.10. The van der Waals surface area contributed by atoms with Crippen LogP contribution in [0.15, 0.2) is 84.9 Å². The summed E-state index contributed by atoms with van der Waals surface area (Å²) in [5.74, 6) is 0. The molecule has 0 aliphatic heterocycles. The van der Waals surface area contributed by atoms with Crippen LogP contribution in [0.3, 0.4) is 0 Å². The van der Waals surface area contributed by atoms with Crippen LogP contribution in [-0.4, -0.2) is 19.5 Å². The Morgan fingerprint density at radius 1 is 0.652 bits per heavy atom. The van der Waals surface area contributed by atoms with Crippen molar-refractivity contribution in [2.75, 3.05) is 23.8 Å². The van der Waals surface area contributed by atoms with E-state index in [9.17, 15) is 31.1 Å². The molecule has 248 valence electrons. The van der Waals surface area contributed by atoms with Crippen molar-refractivity contribution in [2.24, 2.45) is 0 Å². The number of hydrogen-bond donors (Lipinski definition) is 2. The van der Waals surface area contributed by atoms with Crippen molar-refractivity contribution < 1.29 is 40.6 Å². The predicted molar refractivity (Wildman–Crippen MR) is 170 cm³/mol. The Morgan fingerprint density at radius 2 is 1.09 bits per heavy atom. The highest BCUT2D eigenvalue weighted by Crippen LogP contribution is 2.33. The molecule has 0 saturated heterocycles. The first kappa shape index (κ1) is 38.1. The molecule has 46 heavy (non-hydrogen) atoms. The fourth-order valence-corrected chi connectivity index (χ4v) is 4.31. The van der Waals surface area contributed by atoms with Crippen LogP contribution in [0.2, 0.25) is 0 Å². The van der Waals surface area contributed by atoms with E-state index in [2.05, 4.69) is 10.6 Å². The summed E-state index contributed by atoms with van der Waals surface area (Å²) >= 11 is 0. The number of anilines is 4. The first-order valence-corrected chi connectivity index (χ1v) is 14.0. The second-order valence-corrected chi connectivity index (χ2v) is 9.91. The van der Waals surface area contributed by atoms with Crippen LogP contribution in [0.5, 0.6) is 0 Å². The number of ether oxygens (including phenoxy) is 2. The Labute approximate surface area is 270 Å². The van der Waals surface area contributed by atoms with E-state index in [1.807, 2.05) is 32.9 Å². The van der Waals surface area contributed by atoms with E-state index in [-0.39, 0.29) is 12.4 Å². The van der Waals surface area contributed by atoms with Crippen molar-refractivity contribution >= 4 is 41.4 Å². The fourth-order valence-electron chi connectivity index (χ4n) is 4.31. The van der Waals surface area contributed by atoms with Gasteiger partial charge in [-0.2, -0.15) is 26.3 Å². The van der Waals surface area contributed by atoms with E-state index >= 15 is 0 Å². The largest absolute Gasteiger partial charge is 0.416 e. The number of alkyl halides is 6. The normalized spacial score (nSPS) is 11.3. The second kappa shape index (κ2) is 17.0. The molecule has 0 radical (unpaired) electrons. The molecular weight excluding hydrogens is 634 g/mol. The summed E-state index contributed by atoms with van der Waals surface area (Å²) in [6.07, 6.45) is -8.43. The smallest absolute Gasteiger partial charge is 0.356 e. The first-order valence-electron chi connectivity index (χ1n) is 14.0. The summed E-state index contributed by atoms with van der Waals surface area (Å²) < 4.78 is 87.4. The van der Waals surface area contributed by atoms with Crippen LogP contribution in [0, 0.1) is 13.8 Å². The molecule has 0 aliphatic rings. The Morgan fingerprint density at radius 3 is 1.48 bits per heavy atom. The fraction of sp³-hybridized carbons (Fsp3) is 0.265. The number of aryl methyl sites for hydroxylation is 2. The monoisotopic (exact) mass is 668 g/mol. The van der Waals surface area contributed by atoms with Gasteiger partial charge < -0.3 is 20.1 Å². The highest BCUT2D eigenvalue weighted by molar-refractivity contribution is 5.85. The number of hydrogen-bond acceptors (Lipinski definition) is 5. The lowest BCUT2D eigenvalue weighted by Gasteiger charge is -2.20. The van der Waals surface area contributed by atoms with E-state index in [1.54, 1.807) is 43.3 Å². The van der Waals surface area contributed by atoms with Crippen LogP contribution >= 0.6 is 12.4 Å². The number of nitrogens with one attached hydrogen (secondary N) is 2. The standard InChI is InChI=1S/C19H22F3NO2.C15H12F3NO.ClH/c1-4-24-18(25-5-2)17-10-9-16(11-13(17)3)23-15-8-6-7-14(12-15)19(20,21)22;1-10-7-14(6-5-11(10)9-20)19-13-4-2-3-12(8-13)15(16,17)18;/h6-12,18,23H,4-5H2,1-3H3;2-9,19H,1H3;1H. The Bertz CT molecular complexity index is 1570. The van der Waals surface area contributed by atoms with Gasteiger partial charge in [0.05, 0.1) is 11.1 Å². The summed E-state index contributed by atoms with van der Waals surface area (Å²) in [5.41, 5.74) is 3.83. The van der Waals surface area contributed by atoms with E-state index in [0.29, 0.717) is 41.5 Å². The minimum atomic E-state index is -4.37. The van der Waals surface area contributed by atoms with Gasteiger partial charge in [0.1, 0.15) is 6.29 Å². The third-order valence-electron chi connectivity index (χ3n) is 6.51. The van der Waals surface area contributed by atoms with E-state index in [1.165, 1.54) is 12.1 Å². The number of rotatable bonds is 10. The van der Waals surface area contributed by atoms with Crippen molar-refractivity contribution in [2.45, 2.75) is 46.3 Å². The molecule has 4 aromatic rings. The summed E-state index contributed by atoms with van der Waals surface area (Å²) in [4.78, 5) is 10.7. The van der Waals surface area contributed by atoms with Gasteiger partial charge in [0.15, 0.2) is 6.29 Å². The molecule has 0 unspecified atom stereocenters. The molecule has 0 spiro atoms. The van der Waals surface area contributed by atoms with Gasteiger partial charge in [-0.3, -0.25) is 4.79 Å². The lowest BCUT2D eigenvalue weighted by atomic mass is 10.1. The molecule has 0 amide bonds. The molecule has 4 rings (SSSR count). The van der Waals surface area contributed by atoms with E-state index in [4.69, 9.17) is 9.47 Å². The quantitative estimate of drug-likeness (QED) is 0.100. The molecule has 5 nitrogen and oxygen atoms in total. The first-order chi connectivity index (χ1) is 21.2. The zero-order valence-corrected chi connectivity index (χ0v) is 26.4. The van der Waals surface area contributed by atoms with Gasteiger partial charge in [-0.15, -0.1) is 12.4 Å². The summed E-state index contributed by atoms with van der Waals surface area (Å²) in [7, 11) is 0. The summed E-state index contributed by atoms with van der Waals surface area (Å²) in [6.45, 7) is 8.51. The molecule has 0 heterocycles. The van der Waals surface area contributed by atoms with Crippen molar-refractivity contribution in [3.63, 3.8) is 0 Å². The third-order valence-corrected chi connectivity index (χ3v) is 6.51. The van der Waals surface area contributed by atoms with Crippen molar-refractivity contribution in [1.82, 2.24) is 0 Å². The number of benzene rings is 4. The van der Waals surface area contributed by atoms with Crippen LogP contribution in [0.4, 0.5) is 49.1 Å². The predicted octanol–water partition coefficient (Wildman–Crippen LogP) is 10.8. The molecule has 0 aromatic heterocycles. The molecule has 12 heteroatoms. The molecule has 4 aromatic carbocycles. The van der Waals surface area contributed by atoms with Gasteiger partial charge in [0.25, 0.3) is 0 Å². The lowest BCUT2D eigenvalue weighted by molar-refractivity contribution is -0.140. The molecule has 2 N–H and O–H groups in total. The van der Waals surface area contributed by atoms with Crippen LogP contribution in [0.25, 0.3) is 0 Å². The van der Waals surface area contributed by atoms with Gasteiger partial charge in [0, 0.05) is 47.1 Å². The second-order valence-electron chi connectivity index (χ2n) is 9.91. The molecule has 0 fully saturated rings. The maximum atomic E-state index is 12.8. The van der Waals surface area contributed by atoms with Crippen LogP contribution < -0.4 is 10.6 Å². The van der Waals surface area contributed by atoms with Crippen molar-refractivity contribution in [3.05, 3.63) is 118 Å². The maximum absolute atomic E-state index is 12.8. The number of aldehydes is 1. The van der Waals surface area contributed by atoms with E-state index in [0.717, 1.165) is 47.2 Å². The van der Waals surface area contributed by atoms with Gasteiger partial charge >= 0.3 is 12.4 Å². The van der Waals surface area contributed by atoms with Gasteiger partial charge in [0.2, 0.25) is 0 Å². The van der Waals surface area contributed by atoms with Gasteiger partial charge in [-0.1, -0.05) is 18.2 Å². The number of carbonyl (C=O) groups is 1. The summed E-state index contributed by atoms with van der Waals surface area (Å²) in [6, 6.07) is 20.6. The Balaban J connectivity index is 0.000000321. The molecule has 0 bridgehead atoms. The third kappa shape index (κ3) is 11.1. The van der Waals surface area contributed by atoms with Crippen LogP contribution in [-0.2, 0) is 21.8 Å². The summed E-state index contributed by atoms with van der Waals surface area (Å²) in [5, 5.41) is 5.90. The van der Waals surface area contributed by atoms with E-state index < -0.39 is 29.8 Å². The number of carbonyl (C=O) groups excluding carboxylic acids is 1. The number of halogens is 7. The maximum Gasteiger partial charge on any atom is 0.416 e. The SMILES string of the molecule is CCOC(OCC)c1ccc(Nc2cccc(C(F)(F)F)c2)cc1C.Cc1cc(Nc2cccc(C(F)(F)F)c2)ccc1C=O.Cl. The van der Waals surface area contributed by atoms with Crippen molar-refractivity contribution in [1.29, 1.82) is 0 Å². The molecule has 0 atom stereocenters. The average molecular weight is 669 g/mol. The van der Waals surface area contributed by atoms with Crippen molar-refractivity contribution in [3.8, 4) is 0 Å². The Kier molecular flexibility index (Phi) is 14.1. The molecule has 0 aliphatic carbocycles. The van der Waals surface area contributed by atoms with Crippen LogP contribution in [0.1, 0.15) is 58.3 Å². The molecular formula is C34H35ClF6N2O3. The highest BCUT2D eigenvalue weighted by atomic mass is 35.5. The zero-order valence-electron chi connectivity index (χ0n) is 25.6. The minimum absolute atomic E-state index is 0.